The molecule has 0 unspecified atom stereocenters. The Bertz CT molecular complexity index is 291. The number of hydrogen-bond acceptors (Lipinski definition) is 0. The van der Waals surface area contributed by atoms with Gasteiger partial charge in [-0.1, -0.05) is 0 Å². The van der Waals surface area contributed by atoms with E-state index in [1.54, 1.807) is 3.59 Å². The first-order chi connectivity index (χ1) is 6.05. The summed E-state index contributed by atoms with van der Waals surface area (Å²) in [7, 11) is 0. The van der Waals surface area contributed by atoms with E-state index in [-0.39, 0.29) is 0 Å². The van der Waals surface area contributed by atoms with Crippen molar-refractivity contribution in [2.24, 2.45) is 0 Å². The zero-order valence-electron chi connectivity index (χ0n) is 8.96. The second-order valence-corrected chi connectivity index (χ2v) is 18.7. The van der Waals surface area contributed by atoms with Crippen molar-refractivity contribution in [2.45, 2.75) is 21.7 Å². The molecule has 0 aliphatic carbocycles. The molecule has 0 aliphatic rings. The molecule has 0 N–H and O–H groups in total. The number of rotatable bonds is 2. The van der Waals surface area contributed by atoms with Gasteiger partial charge in [0, 0.05) is 0 Å². The molecular formula is C12H18Sn. The first-order valence-corrected chi connectivity index (χ1v) is 14.8. The molecule has 0 radical (unpaired) electrons. The predicted octanol–water partition coefficient (Wildman–Crippen LogP) is 3.97. The molecule has 1 heteroatoms. The van der Waals surface area contributed by atoms with Gasteiger partial charge in [-0.25, -0.2) is 0 Å². The quantitative estimate of drug-likeness (QED) is 0.719. The van der Waals surface area contributed by atoms with Crippen LogP contribution < -0.4 is 0 Å². The van der Waals surface area contributed by atoms with Crippen LogP contribution in [0.25, 0.3) is 3.59 Å². The van der Waals surface area contributed by atoms with Crippen molar-refractivity contribution < 1.29 is 0 Å². The molecule has 0 saturated heterocycles. The van der Waals surface area contributed by atoms with Crippen LogP contribution in [0, 0.1) is 0 Å². The molecule has 1 aromatic carbocycles. The number of benzene rings is 1. The second-order valence-electron chi connectivity index (χ2n) is 4.32. The van der Waals surface area contributed by atoms with E-state index in [0.717, 1.165) is 0 Å². The normalized spacial score (nSPS) is 13.1. The molecule has 0 spiro atoms. The summed E-state index contributed by atoms with van der Waals surface area (Å²) in [6.45, 7) is 2.16. The van der Waals surface area contributed by atoms with E-state index in [4.69, 9.17) is 0 Å². The molecule has 0 bridgehead atoms. The molecule has 0 amide bonds. The molecular weight excluding hydrogens is 263 g/mol. The molecule has 0 aliphatic heterocycles. The molecule has 1 aromatic rings. The van der Waals surface area contributed by atoms with Gasteiger partial charge in [0.05, 0.1) is 0 Å². The van der Waals surface area contributed by atoms with Crippen LogP contribution in [0.4, 0.5) is 0 Å². The summed E-state index contributed by atoms with van der Waals surface area (Å²) in [4.78, 5) is 7.37. The number of hydrogen-bond donors (Lipinski definition) is 0. The molecule has 1 rings (SSSR count). The SMILES string of the molecule is C/C=[C](\c1ccccc1)[Sn]([CH3])([CH3])[CH3]. The predicted molar refractivity (Wildman–Crippen MR) is 63.4 cm³/mol. The van der Waals surface area contributed by atoms with Gasteiger partial charge in [0.1, 0.15) is 0 Å². The van der Waals surface area contributed by atoms with Crippen LogP contribution in [-0.2, 0) is 0 Å². The van der Waals surface area contributed by atoms with E-state index in [9.17, 15) is 0 Å². The molecule has 0 atom stereocenters. The molecule has 0 heterocycles. The van der Waals surface area contributed by atoms with Gasteiger partial charge >= 0.3 is 85.7 Å². The molecule has 0 saturated carbocycles. The zero-order chi connectivity index (χ0) is 9.90. The third-order valence-electron chi connectivity index (χ3n) is 2.18. The minimum absolute atomic E-state index is 1.42. The van der Waals surface area contributed by atoms with Crippen molar-refractivity contribution in [1.82, 2.24) is 0 Å². The molecule has 0 fully saturated rings. The van der Waals surface area contributed by atoms with Gasteiger partial charge in [0.2, 0.25) is 0 Å². The summed E-state index contributed by atoms with van der Waals surface area (Å²) in [5.41, 5.74) is 1.42. The third-order valence-corrected chi connectivity index (χ3v) is 8.44. The monoisotopic (exact) mass is 282 g/mol. The van der Waals surface area contributed by atoms with Gasteiger partial charge < -0.3 is 0 Å². The van der Waals surface area contributed by atoms with Crippen molar-refractivity contribution in [3.63, 3.8) is 0 Å². The van der Waals surface area contributed by atoms with E-state index >= 15 is 0 Å². The summed E-state index contributed by atoms with van der Waals surface area (Å²) < 4.78 is 1.62. The van der Waals surface area contributed by atoms with E-state index in [2.05, 4.69) is 58.2 Å². The summed E-state index contributed by atoms with van der Waals surface area (Å²) >= 11 is -1.88. The van der Waals surface area contributed by atoms with Gasteiger partial charge in [0.15, 0.2) is 0 Å². The van der Waals surface area contributed by atoms with Crippen LogP contribution in [0.5, 0.6) is 0 Å². The average molecular weight is 281 g/mol. The maximum atomic E-state index is 2.46. The van der Waals surface area contributed by atoms with Gasteiger partial charge in [-0.3, -0.25) is 0 Å². The van der Waals surface area contributed by atoms with E-state index in [0.29, 0.717) is 0 Å². The molecule has 13 heavy (non-hydrogen) atoms. The van der Waals surface area contributed by atoms with Crippen LogP contribution in [0.1, 0.15) is 12.5 Å². The Hall–Kier alpha value is -0.241. The minimum atomic E-state index is -1.88. The van der Waals surface area contributed by atoms with Crippen LogP contribution in [0.15, 0.2) is 36.4 Å². The fourth-order valence-corrected chi connectivity index (χ4v) is 7.07. The first-order valence-electron chi connectivity index (χ1n) is 4.78. The van der Waals surface area contributed by atoms with E-state index in [1.165, 1.54) is 5.56 Å². The number of allylic oxidation sites excluding steroid dienone is 1. The fraction of sp³-hybridized carbons (Fsp3) is 0.333. The Morgan fingerprint density at radius 2 is 1.62 bits per heavy atom. The Morgan fingerprint density at radius 1 is 1.08 bits per heavy atom. The maximum absolute atomic E-state index is 2.46. The summed E-state index contributed by atoms with van der Waals surface area (Å²) in [6.07, 6.45) is 2.30. The standard InChI is InChI=1S/C9H9.3CH3.Sn/c1-2-6-9-7-4-3-5-8-9;;;;/h2-5,7-8H,1H3;3*1H3;. The Morgan fingerprint density at radius 3 is 2.00 bits per heavy atom. The topological polar surface area (TPSA) is 0 Å². The average Bonchev–Trinajstić information content (AvgIpc) is 2.05. The molecule has 0 nitrogen and oxygen atoms in total. The van der Waals surface area contributed by atoms with Crippen LogP contribution in [0.3, 0.4) is 0 Å². The second kappa shape index (κ2) is 4.32. The van der Waals surface area contributed by atoms with E-state index in [1.807, 2.05) is 0 Å². The fourth-order valence-electron chi connectivity index (χ4n) is 1.65. The van der Waals surface area contributed by atoms with E-state index < -0.39 is 18.4 Å². The van der Waals surface area contributed by atoms with Gasteiger partial charge in [-0.15, -0.1) is 0 Å². The first kappa shape index (κ1) is 10.8. The Kier molecular flexibility index (Phi) is 3.60. The summed E-state index contributed by atoms with van der Waals surface area (Å²) in [5, 5.41) is 0. The van der Waals surface area contributed by atoms with Crippen molar-refractivity contribution in [2.75, 3.05) is 0 Å². The zero-order valence-corrected chi connectivity index (χ0v) is 11.8. The summed E-state index contributed by atoms with van der Waals surface area (Å²) in [5.74, 6) is 0. The van der Waals surface area contributed by atoms with Gasteiger partial charge in [-0.2, -0.15) is 0 Å². The van der Waals surface area contributed by atoms with Gasteiger partial charge in [-0.05, 0) is 0 Å². The summed E-state index contributed by atoms with van der Waals surface area (Å²) in [6, 6.07) is 10.8. The molecule has 70 valence electrons. The van der Waals surface area contributed by atoms with Crippen molar-refractivity contribution in [1.29, 1.82) is 0 Å². The molecule has 0 aromatic heterocycles. The van der Waals surface area contributed by atoms with Crippen LogP contribution >= 0.6 is 0 Å². The van der Waals surface area contributed by atoms with Crippen LogP contribution in [-0.4, -0.2) is 18.4 Å². The van der Waals surface area contributed by atoms with Crippen molar-refractivity contribution in [3.8, 4) is 0 Å². The Labute approximate surface area is 85.5 Å². The van der Waals surface area contributed by atoms with Crippen molar-refractivity contribution >= 4 is 22.0 Å². The van der Waals surface area contributed by atoms with Gasteiger partial charge in [0.25, 0.3) is 0 Å². The Balaban J connectivity index is 3.08. The third kappa shape index (κ3) is 2.87. The van der Waals surface area contributed by atoms with Crippen molar-refractivity contribution in [3.05, 3.63) is 42.0 Å². The van der Waals surface area contributed by atoms with Crippen LogP contribution in [0.2, 0.25) is 14.8 Å².